The summed E-state index contributed by atoms with van der Waals surface area (Å²) in [4.78, 5) is 13.9. The number of rotatable bonds is 21. The monoisotopic (exact) mass is 697 g/mol. The summed E-state index contributed by atoms with van der Waals surface area (Å²) < 4.78 is 35.7. The minimum atomic E-state index is -0.529. The number of nitrogens with one attached hydrogen (secondary N) is 1. The Kier molecular flexibility index (Phi) is 16.4. The van der Waals surface area contributed by atoms with Crippen molar-refractivity contribution in [3.8, 4) is 0 Å². The zero-order valence-corrected chi connectivity index (χ0v) is 29.7. The average Bonchev–Trinajstić information content (AvgIpc) is 3.27. The maximum absolute atomic E-state index is 6.78. The van der Waals surface area contributed by atoms with Gasteiger partial charge in [0.2, 0.25) is 5.96 Å². The first-order valence-electron chi connectivity index (χ1n) is 17.5. The van der Waals surface area contributed by atoms with Gasteiger partial charge in [0.1, 0.15) is 25.8 Å². The van der Waals surface area contributed by atoms with Crippen LogP contribution in [-0.2, 0) is 59.3 Å². The summed E-state index contributed by atoms with van der Waals surface area (Å²) >= 11 is 0. The lowest BCUT2D eigenvalue weighted by Gasteiger charge is -2.39. The van der Waals surface area contributed by atoms with Gasteiger partial charge in [0.15, 0.2) is 0 Å². The number of hydrogen-bond acceptors (Lipinski definition) is 10. The Morgan fingerprint density at radius 2 is 1.06 bits per heavy atom. The third kappa shape index (κ3) is 12.6. The highest BCUT2D eigenvalue weighted by Gasteiger charge is 2.44. The molecular formula is C41H51N3O7. The number of ether oxygens (including phenoxy) is 6. The Bertz CT molecular complexity index is 1520. The molecule has 0 amide bonds. The molecule has 4 atom stereocenters. The van der Waals surface area contributed by atoms with Crippen LogP contribution in [0.1, 0.15) is 22.3 Å². The zero-order chi connectivity index (χ0) is 35.4. The molecule has 0 saturated carbocycles. The largest absolute Gasteiger partial charge is 0.382 e. The molecule has 4 aromatic rings. The highest BCUT2D eigenvalue weighted by atomic mass is 16.7. The standard InChI is InChI=1S/C41H51N3O7/c1-45-23-25-47-31-49-39-37(27-33-15-7-3-8-16-33)42-41(43-51-30-36-21-13-6-14-22-36)44(29-35-19-11-5-12-20-35)38(28-34-17-9-4-10-18-34)40(39)50-32-48-26-24-46-2/h3-22,37-40H,23-32H2,1-2H3,(H,42,43)/t37-,38-,39+,40+/m1/s1. The van der Waals surface area contributed by atoms with E-state index in [1.54, 1.807) is 14.2 Å². The molecule has 0 aromatic heterocycles. The lowest BCUT2D eigenvalue weighted by Crippen LogP contribution is -2.55. The van der Waals surface area contributed by atoms with Gasteiger partial charge in [-0.3, -0.25) is 4.84 Å². The fourth-order valence-corrected chi connectivity index (χ4v) is 6.06. The van der Waals surface area contributed by atoms with Gasteiger partial charge in [0.05, 0.1) is 45.1 Å². The van der Waals surface area contributed by atoms with Gasteiger partial charge in [0, 0.05) is 20.8 Å². The second kappa shape index (κ2) is 21.9. The maximum atomic E-state index is 6.78. The summed E-state index contributed by atoms with van der Waals surface area (Å²) in [6.07, 6.45) is 0.195. The van der Waals surface area contributed by atoms with Gasteiger partial charge in [-0.05, 0) is 35.1 Å². The van der Waals surface area contributed by atoms with Crippen LogP contribution < -0.4 is 5.48 Å². The summed E-state index contributed by atoms with van der Waals surface area (Å²) in [6.45, 7) is 2.70. The van der Waals surface area contributed by atoms with Crippen molar-refractivity contribution in [3.63, 3.8) is 0 Å². The molecule has 1 aliphatic rings. The number of guanidine groups is 1. The fraction of sp³-hybridized carbons (Fsp3) is 0.390. The van der Waals surface area contributed by atoms with E-state index in [1.165, 1.54) is 0 Å². The molecule has 0 radical (unpaired) electrons. The molecule has 10 nitrogen and oxygen atoms in total. The first-order valence-corrected chi connectivity index (χ1v) is 17.5. The van der Waals surface area contributed by atoms with Gasteiger partial charge in [-0.25, -0.2) is 10.5 Å². The molecule has 1 aliphatic heterocycles. The molecule has 51 heavy (non-hydrogen) atoms. The lowest BCUT2D eigenvalue weighted by molar-refractivity contribution is -0.187. The van der Waals surface area contributed by atoms with Crippen molar-refractivity contribution >= 4 is 5.96 Å². The van der Waals surface area contributed by atoms with Crippen LogP contribution in [-0.4, -0.2) is 89.4 Å². The minimum absolute atomic E-state index is 0.0449. The topological polar surface area (TPSA) is 92.2 Å². The van der Waals surface area contributed by atoms with Gasteiger partial charge in [0.25, 0.3) is 0 Å². The van der Waals surface area contributed by atoms with Crippen LogP contribution in [0.15, 0.2) is 126 Å². The third-order valence-electron chi connectivity index (χ3n) is 8.61. The molecule has 0 spiro atoms. The molecule has 0 fully saturated rings. The summed E-state index contributed by atoms with van der Waals surface area (Å²) in [5, 5.41) is 0. The molecular weight excluding hydrogens is 646 g/mol. The molecule has 272 valence electrons. The Morgan fingerprint density at radius 1 is 0.569 bits per heavy atom. The van der Waals surface area contributed by atoms with Crippen molar-refractivity contribution in [1.29, 1.82) is 0 Å². The van der Waals surface area contributed by atoms with Gasteiger partial charge in [-0.1, -0.05) is 121 Å². The average molecular weight is 698 g/mol. The van der Waals surface area contributed by atoms with E-state index >= 15 is 0 Å². The van der Waals surface area contributed by atoms with Gasteiger partial charge >= 0.3 is 0 Å². The Morgan fingerprint density at radius 3 is 1.61 bits per heavy atom. The normalized spacial score (nSPS) is 19.0. The maximum Gasteiger partial charge on any atom is 0.219 e. The SMILES string of the molecule is COCCOCO[C@@H]1[C@@H](OCOCCOC)[C@@H](Cc2ccccc2)N=C(NOCc2ccccc2)N(Cc2ccccc2)[C@@H]1Cc1ccccc1. The van der Waals surface area contributed by atoms with Gasteiger partial charge in [-0.15, -0.1) is 0 Å². The highest BCUT2D eigenvalue weighted by Crippen LogP contribution is 2.29. The molecule has 0 saturated heterocycles. The molecule has 4 aromatic carbocycles. The van der Waals surface area contributed by atoms with E-state index in [4.69, 9.17) is 38.3 Å². The van der Waals surface area contributed by atoms with Crippen molar-refractivity contribution in [2.45, 2.75) is 50.3 Å². The van der Waals surface area contributed by atoms with Crippen molar-refractivity contribution < 1.29 is 33.3 Å². The fourth-order valence-electron chi connectivity index (χ4n) is 6.06. The Hall–Kier alpha value is -4.13. The van der Waals surface area contributed by atoms with Crippen LogP contribution in [0.2, 0.25) is 0 Å². The Labute approximate surface area is 302 Å². The molecule has 1 N–H and O–H groups in total. The van der Waals surface area contributed by atoms with Crippen LogP contribution in [0.25, 0.3) is 0 Å². The van der Waals surface area contributed by atoms with E-state index in [9.17, 15) is 0 Å². The molecule has 0 aliphatic carbocycles. The number of benzene rings is 4. The predicted octanol–water partition coefficient (Wildman–Crippen LogP) is 5.81. The minimum Gasteiger partial charge on any atom is -0.382 e. The predicted molar refractivity (Wildman–Crippen MR) is 197 cm³/mol. The van der Waals surface area contributed by atoms with E-state index in [-0.39, 0.29) is 25.7 Å². The highest BCUT2D eigenvalue weighted by molar-refractivity contribution is 5.80. The summed E-state index contributed by atoms with van der Waals surface area (Å²) in [5.41, 5.74) is 7.72. The van der Waals surface area contributed by atoms with Crippen LogP contribution in [0.4, 0.5) is 0 Å². The molecule has 1 heterocycles. The van der Waals surface area contributed by atoms with Crippen LogP contribution in [0, 0.1) is 0 Å². The van der Waals surface area contributed by atoms with Crippen molar-refractivity contribution in [2.75, 3.05) is 54.2 Å². The smallest absolute Gasteiger partial charge is 0.219 e. The second-order valence-electron chi connectivity index (χ2n) is 12.3. The first kappa shape index (κ1) is 38.1. The van der Waals surface area contributed by atoms with Crippen LogP contribution >= 0.6 is 0 Å². The lowest BCUT2D eigenvalue weighted by atomic mass is 9.91. The third-order valence-corrected chi connectivity index (χ3v) is 8.61. The van der Waals surface area contributed by atoms with Crippen molar-refractivity contribution in [3.05, 3.63) is 144 Å². The van der Waals surface area contributed by atoms with Crippen molar-refractivity contribution in [1.82, 2.24) is 10.4 Å². The second-order valence-corrected chi connectivity index (χ2v) is 12.3. The van der Waals surface area contributed by atoms with E-state index in [0.717, 1.165) is 22.3 Å². The molecule has 5 rings (SSSR count). The zero-order valence-electron chi connectivity index (χ0n) is 29.7. The Balaban J connectivity index is 1.58. The number of hydroxylamine groups is 1. The first-order chi connectivity index (χ1) is 25.2. The quantitative estimate of drug-likeness (QED) is 0.0658. The van der Waals surface area contributed by atoms with E-state index in [2.05, 4.69) is 71.0 Å². The van der Waals surface area contributed by atoms with Crippen molar-refractivity contribution in [2.24, 2.45) is 4.99 Å². The number of aliphatic imine (C=N–C) groups is 1. The van der Waals surface area contributed by atoms with E-state index in [0.29, 0.717) is 58.4 Å². The number of methoxy groups -OCH3 is 2. The van der Waals surface area contributed by atoms with E-state index < -0.39 is 12.2 Å². The number of nitrogens with zero attached hydrogens (tertiary/aromatic N) is 2. The van der Waals surface area contributed by atoms with Gasteiger partial charge < -0.3 is 33.3 Å². The van der Waals surface area contributed by atoms with Crippen LogP contribution in [0.3, 0.4) is 0 Å². The van der Waals surface area contributed by atoms with Gasteiger partial charge in [-0.2, -0.15) is 0 Å². The summed E-state index contributed by atoms with van der Waals surface area (Å²) in [5.74, 6) is 0.594. The van der Waals surface area contributed by atoms with Crippen LogP contribution in [0.5, 0.6) is 0 Å². The summed E-state index contributed by atoms with van der Waals surface area (Å²) in [7, 11) is 3.30. The van der Waals surface area contributed by atoms with E-state index in [1.807, 2.05) is 60.7 Å². The molecule has 0 bridgehead atoms. The number of hydrogen-bond donors (Lipinski definition) is 1. The molecule has 10 heteroatoms. The summed E-state index contributed by atoms with van der Waals surface area (Å²) in [6, 6.07) is 40.5. The molecule has 0 unspecified atom stereocenters.